The SMILES string of the molecule is CCCCCCCCCCCCCCCCCC[N+](C)(C)CCC[Si](OCC(CO)(CO)NCC(O)CS(=O)(=O)[O-])(OCC(CO)(CO)NCC(O)CS(=O)(=O)[O-])OCC(CO)(CO)NCC(O)CS(=O)(=O)O. The molecule has 0 rings (SSSR count). The summed E-state index contributed by atoms with van der Waals surface area (Å²) in [5.41, 5.74) is -5.77. The van der Waals surface area contributed by atoms with E-state index in [9.17, 15) is 84.9 Å². The highest BCUT2D eigenvalue weighted by atomic mass is 32.2. The second-order valence-electron chi connectivity index (χ2n) is 20.4. The maximum Gasteiger partial charge on any atom is 0.501 e. The molecule has 13 N–H and O–H groups in total. The van der Waals surface area contributed by atoms with Crippen LogP contribution in [0.3, 0.4) is 0 Å². The van der Waals surface area contributed by atoms with Crippen molar-refractivity contribution in [1.82, 2.24) is 16.0 Å². The third-order valence-electron chi connectivity index (χ3n) is 12.7. The molecule has 0 aromatic heterocycles. The fourth-order valence-corrected chi connectivity index (χ4v) is 12.4. The Morgan fingerprint density at radius 2 is 0.753 bits per heavy atom. The van der Waals surface area contributed by atoms with Crippen molar-refractivity contribution >= 4 is 39.2 Å². The minimum absolute atomic E-state index is 0.153. The Balaban J connectivity index is 6.61. The molecule has 73 heavy (non-hydrogen) atoms. The Morgan fingerprint density at radius 1 is 0.479 bits per heavy atom. The summed E-state index contributed by atoms with van der Waals surface area (Å²) < 4.78 is 120. The van der Waals surface area contributed by atoms with Crippen molar-refractivity contribution in [1.29, 1.82) is 0 Å². The summed E-state index contributed by atoms with van der Waals surface area (Å²) in [7, 11) is -15.1. The summed E-state index contributed by atoms with van der Waals surface area (Å²) in [6.45, 7) is -6.44. The highest BCUT2D eigenvalue weighted by Gasteiger charge is 2.49. The van der Waals surface area contributed by atoms with E-state index in [1.165, 1.54) is 77.0 Å². The van der Waals surface area contributed by atoms with Gasteiger partial charge >= 0.3 is 8.80 Å². The summed E-state index contributed by atoms with van der Waals surface area (Å²) in [6.07, 6.45) is 14.3. The van der Waals surface area contributed by atoms with Crippen LogP contribution in [-0.2, 0) is 43.6 Å². The Hall–Kier alpha value is -0.693. The first-order valence-electron chi connectivity index (χ1n) is 25.6. The second kappa shape index (κ2) is 37.2. The molecule has 0 aliphatic rings. The second-order valence-corrected chi connectivity index (χ2v) is 27.6. The van der Waals surface area contributed by atoms with E-state index in [-0.39, 0.29) is 12.5 Å². The largest absolute Gasteiger partial charge is 0.748 e. The van der Waals surface area contributed by atoms with Gasteiger partial charge in [-0.3, -0.25) is 4.55 Å². The van der Waals surface area contributed by atoms with Gasteiger partial charge in [0, 0.05) is 32.1 Å². The molecule has 29 heteroatoms. The molecule has 0 saturated carbocycles. The van der Waals surface area contributed by atoms with Crippen molar-refractivity contribution < 1.29 is 103 Å². The number of rotatable bonds is 51. The molecular weight excluding hydrogens is 1040 g/mol. The Labute approximate surface area is 436 Å². The molecule has 0 spiro atoms. The summed E-state index contributed by atoms with van der Waals surface area (Å²) in [6, 6.07) is -0.153. The Morgan fingerprint density at radius 3 is 1.03 bits per heavy atom. The molecule has 440 valence electrons. The minimum atomic E-state index is -4.92. The number of aliphatic hydroxyl groups excluding tert-OH is 9. The molecule has 0 aliphatic carbocycles. The molecule has 25 nitrogen and oxygen atoms in total. The van der Waals surface area contributed by atoms with Crippen molar-refractivity contribution in [2.45, 2.75) is 157 Å². The van der Waals surface area contributed by atoms with Crippen LogP contribution in [0.5, 0.6) is 0 Å². The van der Waals surface area contributed by atoms with Crippen molar-refractivity contribution in [3.63, 3.8) is 0 Å². The van der Waals surface area contributed by atoms with Crippen molar-refractivity contribution in [3.05, 3.63) is 0 Å². The number of quaternary nitrogens is 1. The van der Waals surface area contributed by atoms with Gasteiger partial charge in [-0.25, -0.2) is 16.8 Å². The van der Waals surface area contributed by atoms with E-state index < -0.39 is 170 Å². The average Bonchev–Trinajstić information content (AvgIpc) is 3.30. The molecule has 0 fully saturated rings. The fourth-order valence-electron chi connectivity index (χ4n) is 7.82. The third-order valence-corrected chi connectivity index (χ3v) is 17.8. The topological polar surface area (TPSA) is 415 Å². The molecule has 0 saturated heterocycles. The normalized spacial score (nSPS) is 15.7. The van der Waals surface area contributed by atoms with Crippen LogP contribution in [0.15, 0.2) is 0 Å². The van der Waals surface area contributed by atoms with Crippen LogP contribution < -0.4 is 16.0 Å². The molecule has 0 bridgehead atoms. The predicted molar refractivity (Wildman–Crippen MR) is 273 cm³/mol. The van der Waals surface area contributed by atoms with E-state index in [1.807, 2.05) is 14.1 Å². The quantitative estimate of drug-likeness (QED) is 0.0132. The van der Waals surface area contributed by atoms with Gasteiger partial charge in [0.1, 0.15) is 5.75 Å². The van der Waals surface area contributed by atoms with E-state index in [2.05, 4.69) is 22.9 Å². The van der Waals surface area contributed by atoms with Gasteiger partial charge in [-0.2, -0.15) is 8.42 Å². The smallest absolute Gasteiger partial charge is 0.501 e. The number of hydrogen-bond acceptors (Lipinski definition) is 23. The van der Waals surface area contributed by atoms with Crippen LogP contribution in [0, 0.1) is 0 Å². The molecule has 3 unspecified atom stereocenters. The standard InChI is InChI=1S/C44H96N4O21S3Si/c1-4-5-6-7-8-9-10-11-12-13-14-15-16-17-18-19-21-48(2,3)22-20-23-73(67-36-42(30-49,31-50)45-24-39(55)27-70(58,59)60,68-37-43(32-51,33-52)46-25-40(56)28-71(61,62)63)69-38-44(34-53,35-54)47-26-41(57)29-72(64,65)66/h39-41,45-47,49-57H,4-38H2,1-3H3,(H2-,58,59,60,61,62,63,64,65,66)/p-1. The number of unbranched alkanes of at least 4 members (excludes halogenated alkanes) is 15. The lowest BCUT2D eigenvalue weighted by Gasteiger charge is -2.41. The molecule has 0 radical (unpaired) electrons. The minimum Gasteiger partial charge on any atom is -0.748 e. The maximum absolute atomic E-state index is 11.4. The van der Waals surface area contributed by atoms with E-state index in [4.69, 9.17) is 13.3 Å². The number of hydrogen-bond donors (Lipinski definition) is 13. The van der Waals surface area contributed by atoms with Crippen LogP contribution in [0.1, 0.15) is 116 Å². The first kappa shape index (κ1) is 72.3. The van der Waals surface area contributed by atoms with Crippen LogP contribution in [-0.4, -0.2) is 257 Å². The van der Waals surface area contributed by atoms with Crippen molar-refractivity contribution in [2.24, 2.45) is 0 Å². The first-order chi connectivity index (χ1) is 34.1. The van der Waals surface area contributed by atoms with Gasteiger partial charge in [0.05, 0.1) is 153 Å². The number of nitrogens with one attached hydrogen (secondary N) is 3. The lowest BCUT2D eigenvalue weighted by atomic mass is 10.0. The molecule has 0 aliphatic heterocycles. The van der Waals surface area contributed by atoms with Crippen LogP contribution in [0.2, 0.25) is 6.04 Å². The molecule has 3 atom stereocenters. The van der Waals surface area contributed by atoms with Crippen molar-refractivity contribution in [3.8, 4) is 0 Å². The van der Waals surface area contributed by atoms with E-state index in [0.29, 0.717) is 11.0 Å². The summed E-state index contributed by atoms with van der Waals surface area (Å²) in [5.74, 6) is -3.57. The summed E-state index contributed by atoms with van der Waals surface area (Å²) in [4.78, 5) is 0. The monoisotopic (exact) mass is 1140 g/mol. The predicted octanol–water partition coefficient (Wildman–Crippen LogP) is -2.30. The van der Waals surface area contributed by atoms with Gasteiger partial charge in [-0.05, 0) is 12.8 Å². The number of aliphatic hydroxyl groups is 9. The Bertz CT molecular complexity index is 1590. The molecule has 0 amide bonds. The molecule has 0 aromatic rings. The molecule has 0 heterocycles. The van der Waals surface area contributed by atoms with E-state index in [1.54, 1.807) is 0 Å². The highest BCUT2D eigenvalue weighted by molar-refractivity contribution is 7.86. The van der Waals surface area contributed by atoms with Gasteiger partial charge < -0.3 is 88.8 Å². The zero-order valence-electron chi connectivity index (χ0n) is 43.6. The van der Waals surface area contributed by atoms with E-state index in [0.717, 1.165) is 32.2 Å². The van der Waals surface area contributed by atoms with Gasteiger partial charge in [0.25, 0.3) is 10.1 Å². The first-order valence-corrected chi connectivity index (χ1v) is 32.3. The summed E-state index contributed by atoms with van der Waals surface area (Å²) in [5, 5.41) is 102. The lowest BCUT2D eigenvalue weighted by molar-refractivity contribution is -0.890. The number of nitrogens with zero attached hydrogens (tertiary/aromatic N) is 1. The van der Waals surface area contributed by atoms with Crippen LogP contribution in [0.25, 0.3) is 0 Å². The van der Waals surface area contributed by atoms with Crippen LogP contribution >= 0.6 is 0 Å². The van der Waals surface area contributed by atoms with Gasteiger partial charge in [0.15, 0.2) is 0 Å². The van der Waals surface area contributed by atoms with Gasteiger partial charge in [-0.15, -0.1) is 0 Å². The third kappa shape index (κ3) is 35.4. The van der Waals surface area contributed by atoms with Gasteiger partial charge in [-0.1, -0.05) is 96.8 Å². The summed E-state index contributed by atoms with van der Waals surface area (Å²) >= 11 is 0. The Kier molecular flexibility index (Phi) is 36.9. The maximum atomic E-state index is 11.4. The van der Waals surface area contributed by atoms with Crippen molar-refractivity contribution in [2.75, 3.05) is 124 Å². The average molecular weight is 1140 g/mol. The number of β-amino-alcohol motifs (C(OH)–C–C–N with tert-alkyl or cyclic N) is 3. The molecular formula is C44H95N4O21S3Si-. The van der Waals surface area contributed by atoms with Crippen LogP contribution in [0.4, 0.5) is 0 Å². The van der Waals surface area contributed by atoms with Gasteiger partial charge in [0.2, 0.25) is 0 Å². The lowest BCUT2D eigenvalue weighted by Crippen LogP contribution is -2.64. The zero-order valence-corrected chi connectivity index (χ0v) is 47.1. The fraction of sp³-hybridized carbons (Fsp3) is 1.00. The molecule has 0 aromatic carbocycles. The van der Waals surface area contributed by atoms with E-state index >= 15 is 0 Å². The highest BCUT2D eigenvalue weighted by Crippen LogP contribution is 2.26. The zero-order chi connectivity index (χ0) is 55.7.